The highest BCUT2D eigenvalue weighted by molar-refractivity contribution is 6.18. The van der Waals surface area contributed by atoms with Crippen LogP contribution in [0.25, 0.3) is 0 Å². The minimum atomic E-state index is -0.738. The first kappa shape index (κ1) is 31.9. The molecule has 0 bridgehead atoms. The number of ether oxygens (including phenoxy) is 2. The minimum absolute atomic E-state index is 0.123. The average Bonchev–Trinajstić information content (AvgIpc) is 3.05. The first-order valence-electron chi connectivity index (χ1n) is 15.1. The Morgan fingerprint density at radius 2 is 1.00 bits per heavy atom. The van der Waals surface area contributed by atoms with Crippen molar-refractivity contribution < 1.29 is 28.7 Å². The SMILES string of the molecule is C=C(C)C(=O)OCCc1ccc(NC2=CC=C(Nc3ccc(CCOC(=O)C(=C)C)cc3)C3C(=O)c4ccccc4C(=O)C23)cc1. The maximum absolute atomic E-state index is 13.9. The van der Waals surface area contributed by atoms with Crippen molar-refractivity contribution >= 4 is 34.9 Å². The fourth-order valence-electron chi connectivity index (χ4n) is 5.43. The molecule has 2 aliphatic carbocycles. The zero-order chi connectivity index (χ0) is 32.8. The molecule has 46 heavy (non-hydrogen) atoms. The van der Waals surface area contributed by atoms with Crippen LogP contribution in [0.5, 0.6) is 0 Å². The molecule has 0 saturated carbocycles. The van der Waals surface area contributed by atoms with E-state index in [-0.39, 0.29) is 24.8 Å². The Morgan fingerprint density at radius 1 is 0.630 bits per heavy atom. The number of ketones is 2. The molecule has 0 saturated heterocycles. The van der Waals surface area contributed by atoms with Crippen molar-refractivity contribution in [3.05, 3.63) is 143 Å². The molecule has 0 spiro atoms. The molecule has 0 aromatic heterocycles. The summed E-state index contributed by atoms with van der Waals surface area (Å²) in [5.41, 5.74) is 6.31. The monoisotopic (exact) mass is 616 g/mol. The fourth-order valence-corrected chi connectivity index (χ4v) is 5.43. The van der Waals surface area contributed by atoms with Crippen LogP contribution in [0.2, 0.25) is 0 Å². The summed E-state index contributed by atoms with van der Waals surface area (Å²) in [6.07, 6.45) is 4.80. The molecule has 0 aliphatic heterocycles. The number of hydrogen-bond donors (Lipinski definition) is 2. The smallest absolute Gasteiger partial charge is 0.333 e. The molecular weight excluding hydrogens is 580 g/mol. The Labute approximate surface area is 268 Å². The van der Waals surface area contributed by atoms with Gasteiger partial charge >= 0.3 is 11.9 Å². The molecule has 0 fully saturated rings. The van der Waals surface area contributed by atoms with Gasteiger partial charge in [0, 0.05) is 57.9 Å². The summed E-state index contributed by atoms with van der Waals surface area (Å²) in [5.74, 6) is -2.55. The van der Waals surface area contributed by atoms with Crippen LogP contribution >= 0.6 is 0 Å². The quantitative estimate of drug-likeness (QED) is 0.172. The minimum Gasteiger partial charge on any atom is -0.462 e. The van der Waals surface area contributed by atoms with Gasteiger partial charge in [-0.25, -0.2) is 9.59 Å². The van der Waals surface area contributed by atoms with Crippen LogP contribution in [-0.4, -0.2) is 36.7 Å². The molecule has 8 heteroatoms. The molecule has 3 aromatic carbocycles. The second-order valence-corrected chi connectivity index (χ2v) is 11.4. The van der Waals surface area contributed by atoms with Crippen LogP contribution in [0.15, 0.2) is 121 Å². The van der Waals surface area contributed by atoms with Gasteiger partial charge in [-0.2, -0.15) is 0 Å². The van der Waals surface area contributed by atoms with Crippen LogP contribution < -0.4 is 10.6 Å². The Morgan fingerprint density at radius 3 is 1.35 bits per heavy atom. The molecule has 2 unspecified atom stereocenters. The lowest BCUT2D eigenvalue weighted by Gasteiger charge is -2.36. The zero-order valence-electron chi connectivity index (χ0n) is 25.9. The van der Waals surface area contributed by atoms with Gasteiger partial charge in [0.2, 0.25) is 0 Å². The van der Waals surface area contributed by atoms with Crippen LogP contribution in [0.3, 0.4) is 0 Å². The first-order chi connectivity index (χ1) is 22.1. The topological polar surface area (TPSA) is 111 Å². The van der Waals surface area contributed by atoms with Crippen LogP contribution in [0.1, 0.15) is 45.7 Å². The Kier molecular flexibility index (Phi) is 9.76. The molecule has 0 radical (unpaired) electrons. The normalized spacial score (nSPS) is 16.7. The highest BCUT2D eigenvalue weighted by Gasteiger charge is 2.46. The van der Waals surface area contributed by atoms with E-state index in [0.717, 1.165) is 22.5 Å². The van der Waals surface area contributed by atoms with Crippen LogP contribution in [-0.2, 0) is 31.9 Å². The molecule has 0 heterocycles. The van der Waals surface area contributed by atoms with E-state index in [1.165, 1.54) is 0 Å². The maximum Gasteiger partial charge on any atom is 0.333 e. The molecule has 5 rings (SSSR count). The van der Waals surface area contributed by atoms with Gasteiger partial charge < -0.3 is 20.1 Å². The summed E-state index contributed by atoms with van der Waals surface area (Å²) < 4.78 is 10.4. The van der Waals surface area contributed by atoms with E-state index in [9.17, 15) is 19.2 Å². The summed E-state index contributed by atoms with van der Waals surface area (Å²) in [6.45, 7) is 10.9. The largest absolute Gasteiger partial charge is 0.462 e. The molecular formula is C38H36N2O6. The number of allylic oxidation sites excluding steroid dienone is 4. The molecule has 2 atom stereocenters. The summed E-state index contributed by atoms with van der Waals surface area (Å²) in [5, 5.41) is 6.76. The Hall–Kier alpha value is -5.50. The summed E-state index contributed by atoms with van der Waals surface area (Å²) in [7, 11) is 0. The third kappa shape index (κ3) is 7.24. The van der Waals surface area contributed by atoms with E-state index in [0.29, 0.717) is 46.5 Å². The van der Waals surface area contributed by atoms with Crippen molar-refractivity contribution in [1.29, 1.82) is 0 Å². The van der Waals surface area contributed by atoms with E-state index in [1.54, 1.807) is 38.1 Å². The number of carbonyl (C=O) groups excluding carboxylic acids is 4. The highest BCUT2D eigenvalue weighted by atomic mass is 16.5. The predicted molar refractivity (Wildman–Crippen MR) is 177 cm³/mol. The van der Waals surface area contributed by atoms with Crippen molar-refractivity contribution in [3.63, 3.8) is 0 Å². The number of nitrogens with one attached hydrogen (secondary N) is 2. The predicted octanol–water partition coefficient (Wildman–Crippen LogP) is 6.63. The third-order valence-corrected chi connectivity index (χ3v) is 7.90. The maximum atomic E-state index is 13.9. The third-order valence-electron chi connectivity index (χ3n) is 7.90. The number of hydrogen-bond acceptors (Lipinski definition) is 8. The molecule has 3 aromatic rings. The van der Waals surface area contributed by atoms with Gasteiger partial charge in [-0.15, -0.1) is 0 Å². The van der Waals surface area contributed by atoms with Crippen molar-refractivity contribution in [3.8, 4) is 0 Å². The highest BCUT2D eigenvalue weighted by Crippen LogP contribution is 2.41. The van der Waals surface area contributed by atoms with E-state index in [4.69, 9.17) is 9.47 Å². The van der Waals surface area contributed by atoms with Crippen LogP contribution in [0, 0.1) is 11.8 Å². The second kappa shape index (κ2) is 14.1. The Balaban J connectivity index is 1.33. The lowest BCUT2D eigenvalue weighted by Crippen LogP contribution is -2.42. The first-order valence-corrected chi connectivity index (χ1v) is 15.1. The molecule has 2 aliphatic rings. The van der Waals surface area contributed by atoms with Crippen molar-refractivity contribution in [2.75, 3.05) is 23.8 Å². The van der Waals surface area contributed by atoms with Crippen LogP contribution in [0.4, 0.5) is 11.4 Å². The zero-order valence-corrected chi connectivity index (χ0v) is 25.9. The van der Waals surface area contributed by atoms with Gasteiger partial charge in [-0.3, -0.25) is 9.59 Å². The fraction of sp³-hybridized carbons (Fsp3) is 0.211. The number of Topliss-reactive ketones (excluding diaryl/α,β-unsaturated/α-hetero) is 2. The average molecular weight is 617 g/mol. The number of anilines is 2. The second-order valence-electron chi connectivity index (χ2n) is 11.4. The molecule has 2 N–H and O–H groups in total. The van der Waals surface area contributed by atoms with Gasteiger partial charge in [0.15, 0.2) is 11.6 Å². The lowest BCUT2D eigenvalue weighted by atomic mass is 9.69. The number of benzene rings is 3. The van der Waals surface area contributed by atoms with Gasteiger partial charge in [-0.05, 0) is 61.4 Å². The summed E-state index contributed by atoms with van der Waals surface area (Å²) in [4.78, 5) is 51.1. The van der Waals surface area contributed by atoms with E-state index >= 15 is 0 Å². The summed E-state index contributed by atoms with van der Waals surface area (Å²) in [6, 6.07) is 22.2. The van der Waals surface area contributed by atoms with Gasteiger partial charge in [0.1, 0.15) is 0 Å². The molecule has 234 valence electrons. The standard InChI is InChI=1S/C38H36N2O6/c1-23(2)37(43)45-21-19-25-9-13-27(14-10-25)39-31-17-18-32(34-33(31)35(41)29-7-5-6-8-30(29)36(34)42)40-28-15-11-26(12-16-28)20-22-46-38(44)24(3)4/h5-18,33-34,39-40H,1,3,19-22H2,2,4H3. The van der Waals surface area contributed by atoms with Gasteiger partial charge in [0.05, 0.1) is 25.0 Å². The van der Waals surface area contributed by atoms with Gasteiger partial charge in [-0.1, -0.05) is 61.7 Å². The number of esters is 2. The summed E-state index contributed by atoms with van der Waals surface area (Å²) >= 11 is 0. The van der Waals surface area contributed by atoms with E-state index in [1.807, 2.05) is 60.7 Å². The molecule has 8 nitrogen and oxygen atoms in total. The number of rotatable bonds is 12. The number of carbonyl (C=O) groups is 4. The Bertz CT molecular complexity index is 1630. The van der Waals surface area contributed by atoms with Gasteiger partial charge in [0.25, 0.3) is 0 Å². The van der Waals surface area contributed by atoms with E-state index < -0.39 is 23.8 Å². The van der Waals surface area contributed by atoms with Crippen molar-refractivity contribution in [2.24, 2.45) is 11.8 Å². The van der Waals surface area contributed by atoms with Crippen molar-refractivity contribution in [2.45, 2.75) is 26.7 Å². The molecule has 0 amide bonds. The van der Waals surface area contributed by atoms with E-state index in [2.05, 4.69) is 23.8 Å². The lowest BCUT2D eigenvalue weighted by molar-refractivity contribution is -0.139. The van der Waals surface area contributed by atoms with Crippen molar-refractivity contribution in [1.82, 2.24) is 0 Å². The number of fused-ring (bicyclic) bond motifs is 2.